The fraction of sp³-hybridized carbons (Fsp3) is 0.909. The van der Waals surface area contributed by atoms with E-state index < -0.39 is 61.5 Å². The van der Waals surface area contributed by atoms with Gasteiger partial charge in [-0.1, -0.05) is 237 Å². The fourth-order valence-corrected chi connectivity index (χ4v) is 8.87. The van der Waals surface area contributed by atoms with Crippen molar-refractivity contribution in [1.82, 2.24) is 5.32 Å². The molecule has 0 spiro atoms. The van der Waals surface area contributed by atoms with Gasteiger partial charge >= 0.3 is 0 Å². The molecule has 1 aliphatic rings. The van der Waals surface area contributed by atoms with Gasteiger partial charge in [-0.2, -0.15) is 0 Å². The summed E-state index contributed by atoms with van der Waals surface area (Å²) in [4.78, 5) is 13.1. The third-order valence-electron chi connectivity index (χ3n) is 13.4. The number of hydrogen-bond acceptors (Lipinski definition) is 9. The second-order valence-corrected chi connectivity index (χ2v) is 19.5. The summed E-state index contributed by atoms with van der Waals surface area (Å²) in [7, 11) is 0. The van der Waals surface area contributed by atoms with E-state index in [1.54, 1.807) is 6.08 Å². The Labute approximate surface area is 399 Å². The topological polar surface area (TPSA) is 169 Å². The Bertz CT molecular complexity index is 1090. The first-order chi connectivity index (χ1) is 31.8. The van der Waals surface area contributed by atoms with Crippen LogP contribution in [-0.2, 0) is 14.3 Å². The quantitative estimate of drug-likeness (QED) is 0.0232. The lowest BCUT2D eigenvalue weighted by molar-refractivity contribution is -0.302. The van der Waals surface area contributed by atoms with Crippen LogP contribution in [0.4, 0.5) is 0 Å². The molecule has 10 nitrogen and oxygen atoms in total. The van der Waals surface area contributed by atoms with Crippen molar-refractivity contribution < 1.29 is 44.9 Å². The molecule has 65 heavy (non-hydrogen) atoms. The highest BCUT2D eigenvalue weighted by Crippen LogP contribution is 2.23. The Hall–Kier alpha value is -1.37. The zero-order chi connectivity index (χ0) is 47.4. The SMILES string of the molecule is CCCCCCCCCCCCCC/C=C\CCCCCCCCCCC(O)C(=O)NC(COC1OC(CO)C(O)C(O)C1O)C(O)/C=C/CCCCCCCCCCCCCCCC. The fourth-order valence-electron chi connectivity index (χ4n) is 8.87. The monoisotopic (exact) mass is 924 g/mol. The minimum Gasteiger partial charge on any atom is -0.394 e. The van der Waals surface area contributed by atoms with E-state index in [9.17, 15) is 35.4 Å². The summed E-state index contributed by atoms with van der Waals surface area (Å²) in [5.41, 5.74) is 0. The van der Waals surface area contributed by atoms with Crippen molar-refractivity contribution in [3.63, 3.8) is 0 Å². The van der Waals surface area contributed by atoms with Crippen molar-refractivity contribution >= 4 is 5.91 Å². The maximum absolute atomic E-state index is 13.1. The molecule has 0 aromatic rings. The average Bonchev–Trinajstić information content (AvgIpc) is 3.31. The van der Waals surface area contributed by atoms with E-state index in [-0.39, 0.29) is 6.61 Å². The van der Waals surface area contributed by atoms with E-state index in [0.717, 1.165) is 38.5 Å². The van der Waals surface area contributed by atoms with Gasteiger partial charge in [0.1, 0.15) is 30.5 Å². The first kappa shape index (κ1) is 61.6. The number of carbonyl (C=O) groups is 1. The summed E-state index contributed by atoms with van der Waals surface area (Å²) in [6, 6.07) is -0.980. The number of unbranched alkanes of at least 4 members (excludes halogenated alkanes) is 34. The van der Waals surface area contributed by atoms with Gasteiger partial charge in [-0.15, -0.1) is 0 Å². The molecule has 1 fully saturated rings. The van der Waals surface area contributed by atoms with Crippen molar-refractivity contribution in [3.05, 3.63) is 24.3 Å². The largest absolute Gasteiger partial charge is 0.394 e. The first-order valence-corrected chi connectivity index (χ1v) is 27.7. The van der Waals surface area contributed by atoms with Crippen molar-refractivity contribution in [2.24, 2.45) is 0 Å². The predicted octanol–water partition coefficient (Wildman–Crippen LogP) is 12.0. The number of hydrogen-bond donors (Lipinski definition) is 7. The van der Waals surface area contributed by atoms with E-state index in [2.05, 4.69) is 31.3 Å². The normalized spacial score (nSPS) is 20.5. The van der Waals surface area contributed by atoms with Gasteiger partial charge in [0.2, 0.25) is 5.91 Å². The minimum absolute atomic E-state index is 0.304. The van der Waals surface area contributed by atoms with Crippen molar-refractivity contribution in [2.45, 2.75) is 307 Å². The average molecular weight is 924 g/mol. The van der Waals surface area contributed by atoms with Crippen LogP contribution in [0.2, 0.25) is 0 Å². The number of amides is 1. The summed E-state index contributed by atoms with van der Waals surface area (Å²) in [6.45, 7) is 3.64. The second kappa shape index (κ2) is 45.1. The van der Waals surface area contributed by atoms with Gasteiger partial charge in [-0.05, 0) is 44.9 Å². The summed E-state index contributed by atoms with van der Waals surface area (Å²) < 4.78 is 11.2. The van der Waals surface area contributed by atoms with Crippen LogP contribution in [0.1, 0.15) is 258 Å². The molecular weight excluding hydrogens is 819 g/mol. The number of nitrogens with one attached hydrogen (secondary N) is 1. The Morgan fingerprint density at radius 2 is 0.892 bits per heavy atom. The Morgan fingerprint density at radius 3 is 1.29 bits per heavy atom. The molecule has 0 saturated carbocycles. The lowest BCUT2D eigenvalue weighted by Crippen LogP contribution is -2.60. The van der Waals surface area contributed by atoms with Crippen LogP contribution in [0.5, 0.6) is 0 Å². The zero-order valence-corrected chi connectivity index (χ0v) is 42.1. The molecule has 8 atom stereocenters. The maximum Gasteiger partial charge on any atom is 0.249 e. The molecule has 10 heteroatoms. The highest BCUT2D eigenvalue weighted by atomic mass is 16.7. The van der Waals surface area contributed by atoms with Gasteiger partial charge in [0.05, 0.1) is 25.4 Å². The highest BCUT2D eigenvalue weighted by Gasteiger charge is 2.44. The molecular formula is C55H105NO9. The van der Waals surface area contributed by atoms with Gasteiger partial charge in [0, 0.05) is 0 Å². The molecule has 8 unspecified atom stereocenters. The van der Waals surface area contributed by atoms with E-state index in [4.69, 9.17) is 9.47 Å². The molecule has 1 heterocycles. The molecule has 1 rings (SSSR count). The van der Waals surface area contributed by atoms with Crippen LogP contribution < -0.4 is 5.32 Å². The third-order valence-corrected chi connectivity index (χ3v) is 13.4. The van der Waals surface area contributed by atoms with Crippen LogP contribution in [-0.4, -0.2) is 98.7 Å². The van der Waals surface area contributed by atoms with Crippen molar-refractivity contribution in [1.29, 1.82) is 0 Å². The Balaban J connectivity index is 2.28. The lowest BCUT2D eigenvalue weighted by atomic mass is 9.99. The number of aliphatic hydroxyl groups is 6. The van der Waals surface area contributed by atoms with Crippen LogP contribution in [0.3, 0.4) is 0 Å². The molecule has 0 aliphatic carbocycles. The predicted molar refractivity (Wildman–Crippen MR) is 269 cm³/mol. The Morgan fingerprint density at radius 1 is 0.523 bits per heavy atom. The van der Waals surface area contributed by atoms with E-state index >= 15 is 0 Å². The zero-order valence-electron chi connectivity index (χ0n) is 42.1. The highest BCUT2D eigenvalue weighted by molar-refractivity contribution is 5.80. The summed E-state index contributed by atoms with van der Waals surface area (Å²) in [5, 5.41) is 64.9. The van der Waals surface area contributed by atoms with E-state index in [1.165, 1.54) is 193 Å². The second-order valence-electron chi connectivity index (χ2n) is 19.5. The Kier molecular flexibility index (Phi) is 42.8. The molecule has 1 amide bonds. The van der Waals surface area contributed by atoms with Crippen molar-refractivity contribution in [3.8, 4) is 0 Å². The molecule has 1 saturated heterocycles. The minimum atomic E-state index is -1.61. The summed E-state index contributed by atoms with van der Waals surface area (Å²) in [5.74, 6) is -0.616. The first-order valence-electron chi connectivity index (χ1n) is 27.7. The van der Waals surface area contributed by atoms with E-state index in [0.29, 0.717) is 12.8 Å². The van der Waals surface area contributed by atoms with Crippen molar-refractivity contribution in [2.75, 3.05) is 13.2 Å². The number of ether oxygens (including phenoxy) is 2. The lowest BCUT2D eigenvalue weighted by Gasteiger charge is -2.40. The molecule has 0 aromatic carbocycles. The molecule has 0 aromatic heterocycles. The van der Waals surface area contributed by atoms with E-state index in [1.807, 2.05) is 6.08 Å². The van der Waals surface area contributed by atoms with Gasteiger partial charge in [-0.25, -0.2) is 0 Å². The van der Waals surface area contributed by atoms with Crippen LogP contribution in [0.25, 0.3) is 0 Å². The maximum atomic E-state index is 13.1. The number of allylic oxidation sites excluding steroid dienone is 3. The van der Waals surface area contributed by atoms with Gasteiger partial charge in [-0.3, -0.25) is 4.79 Å². The van der Waals surface area contributed by atoms with Crippen LogP contribution >= 0.6 is 0 Å². The third kappa shape index (κ3) is 34.6. The van der Waals surface area contributed by atoms with Gasteiger partial charge in [0.15, 0.2) is 6.29 Å². The van der Waals surface area contributed by atoms with Crippen LogP contribution in [0, 0.1) is 0 Å². The smallest absolute Gasteiger partial charge is 0.249 e. The van der Waals surface area contributed by atoms with Crippen LogP contribution in [0.15, 0.2) is 24.3 Å². The summed E-state index contributed by atoms with van der Waals surface area (Å²) >= 11 is 0. The van der Waals surface area contributed by atoms with Gasteiger partial charge in [0.25, 0.3) is 0 Å². The molecule has 1 aliphatic heterocycles. The molecule has 0 radical (unpaired) electrons. The van der Waals surface area contributed by atoms with Gasteiger partial charge < -0.3 is 45.4 Å². The summed E-state index contributed by atoms with van der Waals surface area (Å²) in [6.07, 6.45) is 45.6. The standard InChI is InChI=1S/C55H105NO9/c1-3-5-7-9-11-13-15-17-19-21-22-23-24-25-26-27-28-30-32-34-36-38-40-42-44-49(59)54(63)56-47(46-64-55-53(62)52(61)51(60)50(45-57)65-55)48(58)43-41-39-37-35-33-31-29-20-18-16-14-12-10-8-6-4-2/h25-26,41,43,47-53,55,57-62H,3-24,27-40,42,44-46H2,1-2H3,(H,56,63)/b26-25-,43-41+. The number of carbonyl (C=O) groups excluding carboxylic acids is 1. The number of rotatable bonds is 47. The molecule has 0 bridgehead atoms. The molecule has 384 valence electrons. The molecule has 7 N–H and O–H groups in total. The number of aliphatic hydroxyl groups excluding tert-OH is 6.